The first-order valence-electron chi connectivity index (χ1n) is 8.79. The maximum atomic E-state index is 12.5. The molecular formula is C20H22N2O4S. The van der Waals surface area contributed by atoms with Crippen molar-refractivity contribution in [2.75, 3.05) is 17.2 Å². The number of thiophene rings is 1. The standard InChI is InChI=1S/C20H22N2O4S/c1-11-5-4-6-15(9-11)21-16(23)10-26-20(25)17-12(2)13(3)27-19(17)22-18(24)14-7-8-14/h4-6,9,14H,7-8,10H2,1-3H3,(H,21,23)(H,22,24). The molecule has 0 aliphatic heterocycles. The van der Waals surface area contributed by atoms with Crippen molar-refractivity contribution in [2.45, 2.75) is 33.6 Å². The van der Waals surface area contributed by atoms with E-state index in [1.54, 1.807) is 6.07 Å². The summed E-state index contributed by atoms with van der Waals surface area (Å²) >= 11 is 1.35. The second kappa shape index (κ2) is 7.92. The van der Waals surface area contributed by atoms with Crippen LogP contribution in [-0.2, 0) is 14.3 Å². The minimum Gasteiger partial charge on any atom is -0.452 e. The van der Waals surface area contributed by atoms with E-state index in [9.17, 15) is 14.4 Å². The van der Waals surface area contributed by atoms with Crippen LogP contribution >= 0.6 is 11.3 Å². The van der Waals surface area contributed by atoms with E-state index in [2.05, 4.69) is 10.6 Å². The van der Waals surface area contributed by atoms with E-state index in [0.717, 1.165) is 28.8 Å². The van der Waals surface area contributed by atoms with Crippen LogP contribution in [0, 0.1) is 26.7 Å². The predicted octanol–water partition coefficient (Wildman–Crippen LogP) is 3.82. The Balaban J connectivity index is 1.63. The minimum atomic E-state index is -0.609. The van der Waals surface area contributed by atoms with E-state index >= 15 is 0 Å². The number of aryl methyl sites for hydroxylation is 2. The third-order valence-corrected chi connectivity index (χ3v) is 5.53. The van der Waals surface area contributed by atoms with Gasteiger partial charge in [0.15, 0.2) is 6.61 Å². The van der Waals surface area contributed by atoms with Gasteiger partial charge in [0.25, 0.3) is 5.91 Å². The van der Waals surface area contributed by atoms with Crippen molar-refractivity contribution in [2.24, 2.45) is 5.92 Å². The average molecular weight is 386 g/mol. The first-order chi connectivity index (χ1) is 12.8. The number of benzene rings is 1. The molecule has 0 spiro atoms. The summed E-state index contributed by atoms with van der Waals surface area (Å²) in [6.45, 7) is 5.22. The van der Waals surface area contributed by atoms with E-state index in [1.807, 2.05) is 39.0 Å². The maximum Gasteiger partial charge on any atom is 0.341 e. The van der Waals surface area contributed by atoms with Gasteiger partial charge < -0.3 is 15.4 Å². The molecule has 1 saturated carbocycles. The van der Waals surface area contributed by atoms with Gasteiger partial charge in [0.1, 0.15) is 5.00 Å². The molecule has 2 amide bonds. The molecule has 2 N–H and O–H groups in total. The summed E-state index contributed by atoms with van der Waals surface area (Å²) in [5.74, 6) is -1.05. The Morgan fingerprint density at radius 3 is 2.56 bits per heavy atom. The number of carbonyl (C=O) groups excluding carboxylic acids is 3. The summed E-state index contributed by atoms with van der Waals surface area (Å²) in [4.78, 5) is 37.6. The highest BCUT2D eigenvalue weighted by Gasteiger charge is 2.31. The Bertz CT molecular complexity index is 899. The van der Waals surface area contributed by atoms with Crippen LogP contribution in [0.2, 0.25) is 0 Å². The highest BCUT2D eigenvalue weighted by Crippen LogP contribution is 2.36. The Morgan fingerprint density at radius 1 is 1.15 bits per heavy atom. The smallest absolute Gasteiger partial charge is 0.341 e. The Morgan fingerprint density at radius 2 is 1.89 bits per heavy atom. The monoisotopic (exact) mass is 386 g/mol. The van der Waals surface area contributed by atoms with Gasteiger partial charge in [-0.1, -0.05) is 12.1 Å². The molecule has 1 aromatic heterocycles. The molecule has 0 unspecified atom stereocenters. The van der Waals surface area contributed by atoms with Crippen LogP contribution in [-0.4, -0.2) is 24.4 Å². The zero-order chi connectivity index (χ0) is 19.6. The third kappa shape index (κ3) is 4.74. The van der Waals surface area contributed by atoms with Crippen LogP contribution in [0.25, 0.3) is 0 Å². The molecule has 7 heteroatoms. The Labute approximate surface area is 161 Å². The third-order valence-electron chi connectivity index (χ3n) is 4.41. The molecule has 0 bridgehead atoms. The summed E-state index contributed by atoms with van der Waals surface area (Å²) in [5.41, 5.74) is 2.76. The van der Waals surface area contributed by atoms with Gasteiger partial charge in [-0.2, -0.15) is 0 Å². The van der Waals surface area contributed by atoms with Crippen molar-refractivity contribution in [3.63, 3.8) is 0 Å². The van der Waals surface area contributed by atoms with Crippen molar-refractivity contribution < 1.29 is 19.1 Å². The predicted molar refractivity (Wildman–Crippen MR) is 105 cm³/mol. The average Bonchev–Trinajstić information content (AvgIpc) is 3.41. The number of rotatable bonds is 6. The Kier molecular flexibility index (Phi) is 5.60. The lowest BCUT2D eigenvalue weighted by molar-refractivity contribution is -0.119. The van der Waals surface area contributed by atoms with E-state index in [0.29, 0.717) is 16.3 Å². The number of carbonyl (C=O) groups is 3. The van der Waals surface area contributed by atoms with Crippen LogP contribution in [0.1, 0.15) is 39.2 Å². The minimum absolute atomic E-state index is 0.0386. The molecule has 0 radical (unpaired) electrons. The largest absolute Gasteiger partial charge is 0.452 e. The fourth-order valence-corrected chi connectivity index (χ4v) is 3.69. The summed E-state index contributed by atoms with van der Waals surface area (Å²) in [6.07, 6.45) is 1.77. The number of hydrogen-bond donors (Lipinski definition) is 2. The highest BCUT2D eigenvalue weighted by molar-refractivity contribution is 7.16. The van der Waals surface area contributed by atoms with Crippen molar-refractivity contribution in [3.8, 4) is 0 Å². The number of nitrogens with one attached hydrogen (secondary N) is 2. The second-order valence-electron chi connectivity index (χ2n) is 6.74. The van der Waals surface area contributed by atoms with Crippen molar-refractivity contribution in [3.05, 3.63) is 45.8 Å². The number of amides is 2. The molecular weight excluding hydrogens is 364 g/mol. The summed E-state index contributed by atoms with van der Waals surface area (Å²) in [7, 11) is 0. The molecule has 1 heterocycles. The molecule has 1 aromatic carbocycles. The van der Waals surface area contributed by atoms with Crippen molar-refractivity contribution in [1.29, 1.82) is 0 Å². The van der Waals surface area contributed by atoms with E-state index in [1.165, 1.54) is 11.3 Å². The lowest BCUT2D eigenvalue weighted by Crippen LogP contribution is -2.22. The quantitative estimate of drug-likeness (QED) is 0.739. The molecule has 3 rings (SSSR count). The van der Waals surface area contributed by atoms with Gasteiger partial charge in [0, 0.05) is 16.5 Å². The van der Waals surface area contributed by atoms with E-state index < -0.39 is 18.5 Å². The first kappa shape index (κ1) is 19.1. The molecule has 1 fully saturated rings. The number of esters is 1. The lowest BCUT2D eigenvalue weighted by Gasteiger charge is -2.09. The highest BCUT2D eigenvalue weighted by atomic mass is 32.1. The zero-order valence-electron chi connectivity index (χ0n) is 15.5. The zero-order valence-corrected chi connectivity index (χ0v) is 16.4. The normalized spacial score (nSPS) is 13.1. The van der Waals surface area contributed by atoms with Crippen molar-refractivity contribution >= 4 is 39.8 Å². The van der Waals surface area contributed by atoms with Crippen LogP contribution in [0.3, 0.4) is 0 Å². The van der Waals surface area contributed by atoms with Gasteiger partial charge in [0.2, 0.25) is 5.91 Å². The lowest BCUT2D eigenvalue weighted by atomic mass is 10.1. The summed E-state index contributed by atoms with van der Waals surface area (Å²) in [6, 6.07) is 7.36. The van der Waals surface area contributed by atoms with Gasteiger partial charge in [-0.25, -0.2) is 4.79 Å². The Hall–Kier alpha value is -2.67. The van der Waals surface area contributed by atoms with Crippen molar-refractivity contribution in [1.82, 2.24) is 0 Å². The van der Waals surface area contributed by atoms with Crippen LogP contribution in [0.15, 0.2) is 24.3 Å². The molecule has 27 heavy (non-hydrogen) atoms. The molecule has 1 aliphatic rings. The SMILES string of the molecule is Cc1cccc(NC(=O)COC(=O)c2c(NC(=O)C3CC3)sc(C)c2C)c1. The van der Waals surface area contributed by atoms with Gasteiger partial charge >= 0.3 is 5.97 Å². The molecule has 142 valence electrons. The van der Waals surface area contributed by atoms with E-state index in [-0.39, 0.29) is 11.8 Å². The van der Waals surface area contributed by atoms with Gasteiger partial charge in [-0.3, -0.25) is 9.59 Å². The molecule has 0 atom stereocenters. The van der Waals surface area contributed by atoms with Gasteiger partial charge in [-0.15, -0.1) is 11.3 Å². The fourth-order valence-electron chi connectivity index (χ4n) is 2.64. The first-order valence-corrected chi connectivity index (χ1v) is 9.61. The van der Waals surface area contributed by atoms with Crippen LogP contribution in [0.4, 0.5) is 10.7 Å². The molecule has 6 nitrogen and oxygen atoms in total. The van der Waals surface area contributed by atoms with Gasteiger partial charge in [-0.05, 0) is 56.9 Å². The molecule has 1 aliphatic carbocycles. The molecule has 0 saturated heterocycles. The second-order valence-corrected chi connectivity index (χ2v) is 7.97. The fraction of sp³-hybridized carbons (Fsp3) is 0.350. The number of hydrogen-bond acceptors (Lipinski definition) is 5. The van der Waals surface area contributed by atoms with Crippen LogP contribution < -0.4 is 10.6 Å². The number of anilines is 2. The maximum absolute atomic E-state index is 12.5. The van der Waals surface area contributed by atoms with E-state index in [4.69, 9.17) is 4.74 Å². The topological polar surface area (TPSA) is 84.5 Å². The van der Waals surface area contributed by atoms with Gasteiger partial charge in [0.05, 0.1) is 5.56 Å². The van der Waals surface area contributed by atoms with Crippen LogP contribution in [0.5, 0.6) is 0 Å². The number of ether oxygens (including phenoxy) is 1. The summed E-state index contributed by atoms with van der Waals surface area (Å²) < 4.78 is 5.19. The summed E-state index contributed by atoms with van der Waals surface area (Å²) in [5, 5.41) is 6.01. The molecule has 2 aromatic rings.